The van der Waals surface area contributed by atoms with Crippen LogP contribution >= 0.6 is 12.4 Å². The van der Waals surface area contributed by atoms with Crippen molar-refractivity contribution in [2.75, 3.05) is 20.2 Å². The molecule has 126 valence electrons. The number of piperidine rings is 1. The highest BCUT2D eigenvalue weighted by Crippen LogP contribution is 2.30. The van der Waals surface area contributed by atoms with E-state index in [9.17, 15) is 8.42 Å². The number of hydrogen-bond acceptors (Lipinski definition) is 4. The normalized spacial score (nSPS) is 19.5. The Hall–Kier alpha value is -0.820. The standard InChI is InChI=1S/C15H24N2O3S.ClH/c1-11-8-14(9-12(2)15(11)20-3)21(18,19)17-7-5-4-6-13(17)10-16;/h8-9,13H,4-7,10,16H2,1-3H3;1H. The van der Waals surface area contributed by atoms with Gasteiger partial charge in [-0.15, -0.1) is 12.4 Å². The van der Waals surface area contributed by atoms with E-state index in [1.54, 1.807) is 23.5 Å². The quantitative estimate of drug-likeness (QED) is 0.905. The third kappa shape index (κ3) is 3.56. The van der Waals surface area contributed by atoms with Gasteiger partial charge in [-0.25, -0.2) is 8.42 Å². The predicted molar refractivity (Wildman–Crippen MR) is 90.3 cm³/mol. The van der Waals surface area contributed by atoms with Gasteiger partial charge in [-0.3, -0.25) is 0 Å². The molecule has 1 heterocycles. The molecule has 0 saturated carbocycles. The second-order valence-electron chi connectivity index (χ2n) is 5.59. The van der Waals surface area contributed by atoms with Crippen LogP contribution in [0.5, 0.6) is 5.75 Å². The van der Waals surface area contributed by atoms with E-state index in [-0.39, 0.29) is 18.4 Å². The Balaban J connectivity index is 0.00000242. The molecule has 1 saturated heterocycles. The lowest BCUT2D eigenvalue weighted by atomic mass is 10.1. The molecule has 1 aromatic carbocycles. The molecule has 2 N–H and O–H groups in total. The topological polar surface area (TPSA) is 72.6 Å². The second-order valence-corrected chi connectivity index (χ2v) is 7.48. The van der Waals surface area contributed by atoms with Crippen LogP contribution in [-0.2, 0) is 10.0 Å². The molecule has 0 bridgehead atoms. The lowest BCUT2D eigenvalue weighted by molar-refractivity contribution is 0.257. The molecule has 0 aliphatic carbocycles. The fourth-order valence-corrected chi connectivity index (χ4v) is 4.92. The maximum Gasteiger partial charge on any atom is 0.243 e. The molecule has 1 fully saturated rings. The van der Waals surface area contributed by atoms with Crippen molar-refractivity contribution in [3.05, 3.63) is 23.3 Å². The summed E-state index contributed by atoms with van der Waals surface area (Å²) in [5, 5.41) is 0. The summed E-state index contributed by atoms with van der Waals surface area (Å²) in [5.74, 6) is 0.739. The maximum atomic E-state index is 12.9. The van der Waals surface area contributed by atoms with Gasteiger partial charge in [0.25, 0.3) is 0 Å². The summed E-state index contributed by atoms with van der Waals surface area (Å²) < 4.78 is 32.6. The van der Waals surface area contributed by atoms with Crippen LogP contribution in [0.15, 0.2) is 17.0 Å². The zero-order valence-corrected chi connectivity index (χ0v) is 15.0. The highest BCUT2D eigenvalue weighted by molar-refractivity contribution is 7.89. The minimum atomic E-state index is -3.50. The highest BCUT2D eigenvalue weighted by atomic mass is 35.5. The first-order chi connectivity index (χ1) is 9.91. The number of halogens is 1. The maximum absolute atomic E-state index is 12.9. The number of sulfonamides is 1. The molecule has 0 aromatic heterocycles. The van der Waals surface area contributed by atoms with Crippen LogP contribution in [0, 0.1) is 13.8 Å². The van der Waals surface area contributed by atoms with Crippen molar-refractivity contribution in [2.24, 2.45) is 5.73 Å². The SMILES string of the molecule is COc1c(C)cc(S(=O)(=O)N2CCCCC2CN)cc1C.Cl. The van der Waals surface area contributed by atoms with E-state index in [1.165, 1.54) is 0 Å². The fourth-order valence-electron chi connectivity index (χ4n) is 3.04. The van der Waals surface area contributed by atoms with Crippen LogP contribution < -0.4 is 10.5 Å². The molecule has 0 spiro atoms. The van der Waals surface area contributed by atoms with Crippen LogP contribution in [-0.4, -0.2) is 39.0 Å². The molecule has 7 heteroatoms. The molecule has 2 rings (SSSR count). The van der Waals surface area contributed by atoms with E-state index in [0.717, 1.165) is 36.1 Å². The fraction of sp³-hybridized carbons (Fsp3) is 0.600. The summed E-state index contributed by atoms with van der Waals surface area (Å²) in [6, 6.07) is 3.28. The number of aryl methyl sites for hydroxylation is 2. The van der Waals surface area contributed by atoms with Crippen molar-refractivity contribution in [3.8, 4) is 5.75 Å². The van der Waals surface area contributed by atoms with Crippen LogP contribution in [0.4, 0.5) is 0 Å². The number of nitrogens with two attached hydrogens (primary N) is 1. The van der Waals surface area contributed by atoms with Crippen LogP contribution in [0.1, 0.15) is 30.4 Å². The summed E-state index contributed by atoms with van der Waals surface area (Å²) >= 11 is 0. The summed E-state index contributed by atoms with van der Waals surface area (Å²) in [4.78, 5) is 0.332. The highest BCUT2D eigenvalue weighted by Gasteiger charge is 2.33. The number of methoxy groups -OCH3 is 1. The van der Waals surface area contributed by atoms with Crippen molar-refractivity contribution in [2.45, 2.75) is 44.0 Å². The number of hydrogen-bond donors (Lipinski definition) is 1. The predicted octanol–water partition coefficient (Wildman–Crippen LogP) is 2.24. The third-order valence-corrected chi connectivity index (χ3v) is 6.02. The molecule has 22 heavy (non-hydrogen) atoms. The van der Waals surface area contributed by atoms with Gasteiger partial charge >= 0.3 is 0 Å². The Kier molecular flexibility index (Phi) is 6.67. The molecule has 1 unspecified atom stereocenters. The van der Waals surface area contributed by atoms with Gasteiger partial charge in [0.15, 0.2) is 0 Å². The van der Waals surface area contributed by atoms with Gasteiger partial charge in [-0.2, -0.15) is 4.31 Å². The van der Waals surface area contributed by atoms with Gasteiger partial charge in [0.05, 0.1) is 12.0 Å². The van der Waals surface area contributed by atoms with Crippen LogP contribution in [0.3, 0.4) is 0 Å². The summed E-state index contributed by atoms with van der Waals surface area (Å²) in [7, 11) is -1.90. The smallest absolute Gasteiger partial charge is 0.243 e. The first-order valence-electron chi connectivity index (χ1n) is 7.29. The van der Waals surface area contributed by atoms with Crippen molar-refractivity contribution < 1.29 is 13.2 Å². The van der Waals surface area contributed by atoms with E-state index in [2.05, 4.69) is 0 Å². The van der Waals surface area contributed by atoms with Gasteiger partial charge in [0.2, 0.25) is 10.0 Å². The van der Waals surface area contributed by atoms with Gasteiger partial charge in [-0.05, 0) is 49.9 Å². The van der Waals surface area contributed by atoms with E-state index >= 15 is 0 Å². The largest absolute Gasteiger partial charge is 0.496 e. The molecule has 1 aliphatic heterocycles. The van der Waals surface area contributed by atoms with E-state index in [0.29, 0.717) is 18.0 Å². The molecular formula is C15H25ClN2O3S. The van der Waals surface area contributed by atoms with Crippen LogP contribution in [0.2, 0.25) is 0 Å². The Labute approximate surface area is 139 Å². The van der Waals surface area contributed by atoms with E-state index in [1.807, 2.05) is 13.8 Å². The Morgan fingerprint density at radius 1 is 1.27 bits per heavy atom. The minimum absolute atomic E-state index is 0. The van der Waals surface area contributed by atoms with Gasteiger partial charge < -0.3 is 10.5 Å². The lowest BCUT2D eigenvalue weighted by Gasteiger charge is -2.34. The average Bonchev–Trinajstić information content (AvgIpc) is 2.46. The van der Waals surface area contributed by atoms with E-state index < -0.39 is 10.0 Å². The minimum Gasteiger partial charge on any atom is -0.496 e. The molecule has 1 aromatic rings. The molecule has 1 aliphatic rings. The van der Waals surface area contributed by atoms with Gasteiger partial charge in [0, 0.05) is 19.1 Å². The monoisotopic (exact) mass is 348 g/mol. The Morgan fingerprint density at radius 3 is 2.36 bits per heavy atom. The lowest BCUT2D eigenvalue weighted by Crippen LogP contribution is -2.47. The summed E-state index contributed by atoms with van der Waals surface area (Å²) in [6.45, 7) is 4.64. The molecular weight excluding hydrogens is 324 g/mol. The van der Waals surface area contributed by atoms with Gasteiger partial charge in [-0.1, -0.05) is 6.42 Å². The molecule has 1 atom stereocenters. The van der Waals surface area contributed by atoms with Crippen molar-refractivity contribution in [3.63, 3.8) is 0 Å². The summed E-state index contributed by atoms with van der Waals surface area (Å²) in [5.41, 5.74) is 7.41. The Bertz CT molecular complexity index is 596. The zero-order valence-electron chi connectivity index (χ0n) is 13.3. The second kappa shape index (κ2) is 7.64. The molecule has 0 amide bonds. The molecule has 0 radical (unpaired) electrons. The van der Waals surface area contributed by atoms with Crippen LogP contribution in [0.25, 0.3) is 0 Å². The number of benzene rings is 1. The van der Waals surface area contributed by atoms with E-state index in [4.69, 9.17) is 10.5 Å². The number of ether oxygens (including phenoxy) is 1. The van der Waals surface area contributed by atoms with Gasteiger partial charge in [0.1, 0.15) is 5.75 Å². The number of rotatable bonds is 4. The first kappa shape index (κ1) is 19.2. The average molecular weight is 349 g/mol. The van der Waals surface area contributed by atoms with Crippen molar-refractivity contribution >= 4 is 22.4 Å². The van der Waals surface area contributed by atoms with Crippen molar-refractivity contribution in [1.29, 1.82) is 0 Å². The first-order valence-corrected chi connectivity index (χ1v) is 8.73. The summed E-state index contributed by atoms with van der Waals surface area (Å²) in [6.07, 6.45) is 2.77. The zero-order chi connectivity index (χ0) is 15.6. The Morgan fingerprint density at radius 2 is 1.86 bits per heavy atom. The van der Waals surface area contributed by atoms with Crippen molar-refractivity contribution in [1.82, 2.24) is 4.31 Å². The third-order valence-electron chi connectivity index (χ3n) is 4.09. The number of nitrogens with zero attached hydrogens (tertiary/aromatic N) is 1. The molecule has 5 nitrogen and oxygen atoms in total.